The van der Waals surface area contributed by atoms with E-state index >= 15 is 0 Å². The Kier molecular flexibility index (Phi) is 1.71. The number of nitrogens with zero attached hydrogens (tertiary/aromatic N) is 1. The van der Waals surface area contributed by atoms with Crippen molar-refractivity contribution in [1.82, 2.24) is 4.90 Å². The average Bonchev–Trinajstić information content (AvgIpc) is 2.62. The van der Waals surface area contributed by atoms with Gasteiger partial charge in [0.2, 0.25) is 0 Å². The van der Waals surface area contributed by atoms with Gasteiger partial charge in [-0.2, -0.15) is 0 Å². The Morgan fingerprint density at radius 1 is 1.50 bits per heavy atom. The molecule has 1 saturated heterocycles. The summed E-state index contributed by atoms with van der Waals surface area (Å²) < 4.78 is 0. The lowest BCUT2D eigenvalue weighted by Crippen LogP contribution is -2.23. The molecule has 1 atom stereocenters. The molecule has 0 aromatic heterocycles. The maximum absolute atomic E-state index is 4.23. The van der Waals surface area contributed by atoms with Crippen molar-refractivity contribution >= 4 is 0 Å². The quantitative estimate of drug-likeness (QED) is 0.608. The molecule has 2 aliphatic rings. The van der Waals surface area contributed by atoms with Crippen LogP contribution in [0, 0.1) is 11.3 Å². The Morgan fingerprint density at radius 3 is 2.58 bits per heavy atom. The van der Waals surface area contributed by atoms with Crippen LogP contribution in [0.3, 0.4) is 0 Å². The van der Waals surface area contributed by atoms with Gasteiger partial charge in [0.05, 0.1) is 0 Å². The molecule has 1 unspecified atom stereocenters. The summed E-state index contributed by atoms with van der Waals surface area (Å²) in [5, 5.41) is 0. The highest BCUT2D eigenvalue weighted by atomic mass is 15.2. The van der Waals surface area contributed by atoms with Gasteiger partial charge in [0.15, 0.2) is 0 Å². The van der Waals surface area contributed by atoms with Crippen molar-refractivity contribution in [1.29, 1.82) is 0 Å². The summed E-state index contributed by atoms with van der Waals surface area (Å²) in [6.45, 7) is 11.4. The van der Waals surface area contributed by atoms with Crippen molar-refractivity contribution in [3.05, 3.63) is 12.3 Å². The molecule has 1 aliphatic carbocycles. The van der Waals surface area contributed by atoms with Gasteiger partial charge < -0.3 is 4.90 Å². The summed E-state index contributed by atoms with van der Waals surface area (Å²) in [4.78, 5) is 2.50. The smallest absolute Gasteiger partial charge is 0.0201 e. The first kappa shape index (κ1) is 8.15. The Balaban J connectivity index is 1.97. The Hall–Kier alpha value is -0.460. The van der Waals surface area contributed by atoms with Crippen LogP contribution in [0.15, 0.2) is 12.3 Å². The lowest BCUT2D eigenvalue weighted by molar-refractivity contribution is 0.353. The summed E-state index contributed by atoms with van der Waals surface area (Å²) in [6.07, 6.45) is 4.07. The van der Waals surface area contributed by atoms with E-state index in [4.69, 9.17) is 0 Å². The molecule has 12 heavy (non-hydrogen) atoms. The first-order valence-electron chi connectivity index (χ1n) is 5.06. The van der Waals surface area contributed by atoms with E-state index < -0.39 is 0 Å². The first-order chi connectivity index (χ1) is 5.62. The van der Waals surface area contributed by atoms with Crippen molar-refractivity contribution in [2.75, 3.05) is 13.1 Å². The van der Waals surface area contributed by atoms with Gasteiger partial charge in [0.25, 0.3) is 0 Å². The van der Waals surface area contributed by atoms with Gasteiger partial charge in [0, 0.05) is 24.2 Å². The molecule has 0 radical (unpaired) electrons. The van der Waals surface area contributed by atoms with Gasteiger partial charge >= 0.3 is 0 Å². The summed E-state index contributed by atoms with van der Waals surface area (Å²) in [7, 11) is 0. The van der Waals surface area contributed by atoms with Crippen LogP contribution in [-0.4, -0.2) is 18.0 Å². The van der Waals surface area contributed by atoms with Gasteiger partial charge in [-0.05, 0) is 25.2 Å². The topological polar surface area (TPSA) is 3.24 Å². The highest BCUT2D eigenvalue weighted by molar-refractivity contribution is 5.16. The standard InChI is InChI=1S/C11H19N/c1-9-4-7-12(8-9)10(2)11(3)5-6-11/h9H,2,4-8H2,1,3H3. The summed E-state index contributed by atoms with van der Waals surface area (Å²) in [5.41, 5.74) is 1.90. The van der Waals surface area contributed by atoms with Crippen LogP contribution >= 0.6 is 0 Å². The predicted molar refractivity (Wildman–Crippen MR) is 51.8 cm³/mol. The fourth-order valence-corrected chi connectivity index (χ4v) is 2.04. The van der Waals surface area contributed by atoms with Gasteiger partial charge in [-0.3, -0.25) is 0 Å². The molecule has 1 heterocycles. The molecule has 1 aliphatic heterocycles. The fraction of sp³-hybridized carbons (Fsp3) is 0.818. The maximum atomic E-state index is 4.23. The van der Waals surface area contributed by atoms with E-state index in [2.05, 4.69) is 25.3 Å². The third-order valence-corrected chi connectivity index (χ3v) is 3.50. The molecule has 0 spiro atoms. The molecule has 2 rings (SSSR count). The Morgan fingerprint density at radius 2 is 2.17 bits per heavy atom. The SMILES string of the molecule is C=C(N1CCC(C)C1)C1(C)CC1. The van der Waals surface area contributed by atoms with E-state index in [1.54, 1.807) is 0 Å². The zero-order chi connectivity index (χ0) is 8.77. The van der Waals surface area contributed by atoms with Crippen LogP contribution in [0.4, 0.5) is 0 Å². The normalized spacial score (nSPS) is 32.2. The minimum absolute atomic E-state index is 0.490. The fourth-order valence-electron chi connectivity index (χ4n) is 2.04. The summed E-state index contributed by atoms with van der Waals surface area (Å²) in [6, 6.07) is 0. The van der Waals surface area contributed by atoms with Crippen molar-refractivity contribution in [3.8, 4) is 0 Å². The molecule has 0 aromatic carbocycles. The summed E-state index contributed by atoms with van der Waals surface area (Å²) >= 11 is 0. The first-order valence-corrected chi connectivity index (χ1v) is 5.06. The zero-order valence-electron chi connectivity index (χ0n) is 8.27. The van der Waals surface area contributed by atoms with E-state index in [9.17, 15) is 0 Å². The van der Waals surface area contributed by atoms with Crippen LogP contribution in [0.25, 0.3) is 0 Å². The minimum Gasteiger partial charge on any atom is -0.375 e. The third kappa shape index (κ3) is 1.26. The van der Waals surface area contributed by atoms with Crippen molar-refractivity contribution in [2.45, 2.75) is 33.1 Å². The van der Waals surface area contributed by atoms with Crippen LogP contribution in [0.1, 0.15) is 33.1 Å². The molecule has 0 aromatic rings. The van der Waals surface area contributed by atoms with Gasteiger partial charge in [-0.25, -0.2) is 0 Å². The van der Waals surface area contributed by atoms with E-state index in [0.29, 0.717) is 5.41 Å². The molecule has 0 bridgehead atoms. The second kappa shape index (κ2) is 2.51. The van der Waals surface area contributed by atoms with Crippen LogP contribution in [0.2, 0.25) is 0 Å². The minimum atomic E-state index is 0.490. The zero-order valence-corrected chi connectivity index (χ0v) is 8.27. The van der Waals surface area contributed by atoms with Crippen molar-refractivity contribution in [3.63, 3.8) is 0 Å². The molecule has 0 N–H and O–H groups in total. The highest BCUT2D eigenvalue weighted by Crippen LogP contribution is 2.52. The molecule has 1 saturated carbocycles. The molecular formula is C11H19N. The van der Waals surface area contributed by atoms with E-state index in [-0.39, 0.29) is 0 Å². The van der Waals surface area contributed by atoms with E-state index in [1.807, 2.05) is 0 Å². The molecule has 68 valence electrons. The predicted octanol–water partition coefficient (Wildman–Crippen LogP) is 2.64. The second-order valence-electron chi connectivity index (χ2n) is 4.85. The number of likely N-dealkylation sites (tertiary alicyclic amines) is 1. The number of rotatable bonds is 2. The Bertz CT molecular complexity index is 203. The van der Waals surface area contributed by atoms with Gasteiger partial charge in [-0.15, -0.1) is 0 Å². The summed E-state index contributed by atoms with van der Waals surface area (Å²) in [5.74, 6) is 0.879. The number of hydrogen-bond donors (Lipinski definition) is 0. The van der Waals surface area contributed by atoms with Gasteiger partial charge in [0.1, 0.15) is 0 Å². The molecule has 1 heteroatoms. The van der Waals surface area contributed by atoms with Crippen LogP contribution < -0.4 is 0 Å². The largest absolute Gasteiger partial charge is 0.375 e. The third-order valence-electron chi connectivity index (χ3n) is 3.50. The maximum Gasteiger partial charge on any atom is 0.0201 e. The molecular weight excluding hydrogens is 146 g/mol. The molecule has 1 nitrogen and oxygen atoms in total. The second-order valence-corrected chi connectivity index (χ2v) is 4.85. The monoisotopic (exact) mass is 165 g/mol. The lowest BCUT2D eigenvalue weighted by Gasteiger charge is -2.25. The number of allylic oxidation sites excluding steroid dienone is 1. The molecule has 0 amide bonds. The Labute approximate surface area is 75.4 Å². The van der Waals surface area contributed by atoms with Crippen molar-refractivity contribution in [2.24, 2.45) is 11.3 Å². The molecule has 2 fully saturated rings. The lowest BCUT2D eigenvalue weighted by atomic mass is 10.1. The van der Waals surface area contributed by atoms with E-state index in [0.717, 1.165) is 5.92 Å². The van der Waals surface area contributed by atoms with Gasteiger partial charge in [-0.1, -0.05) is 20.4 Å². The highest BCUT2D eigenvalue weighted by Gasteiger charge is 2.43. The van der Waals surface area contributed by atoms with Crippen LogP contribution in [-0.2, 0) is 0 Å². The van der Waals surface area contributed by atoms with E-state index in [1.165, 1.54) is 38.0 Å². The number of hydrogen-bond acceptors (Lipinski definition) is 1. The average molecular weight is 165 g/mol. The van der Waals surface area contributed by atoms with Crippen molar-refractivity contribution < 1.29 is 0 Å². The van der Waals surface area contributed by atoms with Crippen LogP contribution in [0.5, 0.6) is 0 Å².